The van der Waals surface area contributed by atoms with Crippen LogP contribution in [-0.4, -0.2) is 92.6 Å². The number of esters is 4. The van der Waals surface area contributed by atoms with E-state index in [1.807, 2.05) is 0 Å². The van der Waals surface area contributed by atoms with Crippen LogP contribution in [0.3, 0.4) is 0 Å². The van der Waals surface area contributed by atoms with Crippen LogP contribution in [0.2, 0.25) is 0 Å². The first kappa shape index (κ1) is 31.7. The van der Waals surface area contributed by atoms with Crippen LogP contribution in [0.25, 0.3) is 0 Å². The van der Waals surface area contributed by atoms with Crippen molar-refractivity contribution < 1.29 is 56.1 Å². The molecule has 0 spiro atoms. The lowest BCUT2D eigenvalue weighted by Crippen LogP contribution is -2.67. The summed E-state index contributed by atoms with van der Waals surface area (Å²) in [5.41, 5.74) is 0.621. The largest absolute Gasteiger partial charge is 0.463 e. The van der Waals surface area contributed by atoms with Gasteiger partial charge in [0.25, 0.3) is 0 Å². The molecule has 39 heavy (non-hydrogen) atoms. The maximum atomic E-state index is 13.1. The average Bonchev–Trinajstić information content (AvgIpc) is 2.80. The summed E-state index contributed by atoms with van der Waals surface area (Å²) in [5.74, 6) is -4.04. The fraction of sp³-hybridized carbons (Fsp3) is 0.542. The van der Waals surface area contributed by atoms with Crippen molar-refractivity contribution in [1.29, 1.82) is 0 Å². The second kappa shape index (κ2) is 14.0. The molecule has 1 aromatic rings. The first-order chi connectivity index (χ1) is 18.2. The van der Waals surface area contributed by atoms with Gasteiger partial charge in [0.2, 0.25) is 22.2 Å². The number of hydrogen-bond acceptors (Lipinski definition) is 12. The molecule has 15 heteroatoms. The van der Waals surface area contributed by atoms with Crippen LogP contribution in [0.4, 0.5) is 0 Å². The summed E-state index contributed by atoms with van der Waals surface area (Å²) in [6, 6.07) is 7.11. The summed E-state index contributed by atoms with van der Waals surface area (Å²) in [6.45, 7) is 3.09. The van der Waals surface area contributed by atoms with E-state index in [-0.39, 0.29) is 6.54 Å². The van der Waals surface area contributed by atoms with E-state index in [0.29, 0.717) is 5.56 Å². The zero-order chi connectivity index (χ0) is 29.3. The molecular weight excluding hydrogens is 540 g/mol. The number of ether oxygens (including phenoxy) is 5. The topological polar surface area (TPSA) is 181 Å². The maximum Gasteiger partial charge on any atom is 0.305 e. The molecule has 1 fully saturated rings. The second-order valence-corrected chi connectivity index (χ2v) is 10.7. The summed E-state index contributed by atoms with van der Waals surface area (Å²) in [6.07, 6.45) is -4.80. The van der Waals surface area contributed by atoms with E-state index in [1.54, 1.807) is 30.3 Å². The molecular formula is C24H32N2O12S. The molecule has 0 unspecified atom stereocenters. The highest BCUT2D eigenvalue weighted by Crippen LogP contribution is 2.28. The minimum Gasteiger partial charge on any atom is -0.463 e. The highest BCUT2D eigenvalue weighted by molar-refractivity contribution is 7.88. The van der Waals surface area contributed by atoms with Crippen molar-refractivity contribution in [1.82, 2.24) is 9.62 Å². The molecule has 0 aromatic heterocycles. The number of amides is 1. The third-order valence-corrected chi connectivity index (χ3v) is 6.50. The Bertz CT molecular complexity index is 1160. The smallest absolute Gasteiger partial charge is 0.305 e. The van der Waals surface area contributed by atoms with Gasteiger partial charge in [-0.05, 0) is 5.56 Å². The number of sulfonamides is 1. The first-order valence-corrected chi connectivity index (χ1v) is 13.6. The van der Waals surface area contributed by atoms with Crippen molar-refractivity contribution in [2.24, 2.45) is 0 Å². The van der Waals surface area contributed by atoms with Crippen LogP contribution in [0.1, 0.15) is 33.3 Å². The van der Waals surface area contributed by atoms with E-state index in [0.717, 1.165) is 38.3 Å². The zero-order valence-corrected chi connectivity index (χ0v) is 23.0. The van der Waals surface area contributed by atoms with Gasteiger partial charge in [-0.2, -0.15) is 4.31 Å². The van der Waals surface area contributed by atoms with Crippen LogP contribution in [-0.2, 0) is 64.2 Å². The van der Waals surface area contributed by atoms with Crippen molar-refractivity contribution in [3.63, 3.8) is 0 Å². The maximum absolute atomic E-state index is 13.1. The predicted molar refractivity (Wildman–Crippen MR) is 132 cm³/mol. The number of rotatable bonds is 11. The summed E-state index contributed by atoms with van der Waals surface area (Å²) in [4.78, 5) is 60.2. The quantitative estimate of drug-likeness (QED) is 0.269. The first-order valence-electron chi connectivity index (χ1n) is 11.8. The molecule has 0 aliphatic carbocycles. The minimum absolute atomic E-state index is 0.116. The molecule has 1 saturated heterocycles. The molecule has 0 radical (unpaired) electrons. The Kier molecular flexibility index (Phi) is 11.4. The lowest BCUT2D eigenvalue weighted by molar-refractivity contribution is -0.271. The van der Waals surface area contributed by atoms with Crippen LogP contribution < -0.4 is 5.32 Å². The van der Waals surface area contributed by atoms with Gasteiger partial charge in [-0.1, -0.05) is 30.3 Å². The van der Waals surface area contributed by atoms with E-state index >= 15 is 0 Å². The third kappa shape index (κ3) is 10.3. The number of benzene rings is 1. The minimum atomic E-state index is -3.86. The molecule has 14 nitrogen and oxygen atoms in total. The lowest BCUT2D eigenvalue weighted by Gasteiger charge is -2.44. The van der Waals surface area contributed by atoms with Gasteiger partial charge in [0.1, 0.15) is 18.8 Å². The predicted octanol–water partition coefficient (Wildman–Crippen LogP) is -0.352. The van der Waals surface area contributed by atoms with Gasteiger partial charge < -0.3 is 29.0 Å². The van der Waals surface area contributed by atoms with Crippen molar-refractivity contribution in [3.05, 3.63) is 35.9 Å². The molecule has 5 atom stereocenters. The molecule has 0 saturated carbocycles. The standard InChI is InChI=1S/C24H32N2O12S/c1-14(27)34-13-19-22(35-15(2)28)23(36-16(3)29)21(24(38-19)37-17(4)30)25-20(31)12-26(39(5,32)33)11-18-9-7-6-8-10-18/h6-10,19,21-24H,11-13H2,1-5H3,(H,25,31)/t19-,21+,22-,23-,24-/m1/s1. The molecule has 2 rings (SSSR count). The Morgan fingerprint density at radius 3 is 1.95 bits per heavy atom. The van der Waals surface area contributed by atoms with Gasteiger partial charge in [-0.3, -0.25) is 24.0 Å². The fourth-order valence-electron chi connectivity index (χ4n) is 3.79. The zero-order valence-electron chi connectivity index (χ0n) is 22.1. The summed E-state index contributed by atoms with van der Waals surface area (Å²) in [7, 11) is -3.86. The summed E-state index contributed by atoms with van der Waals surface area (Å²) in [5, 5.41) is 2.48. The highest BCUT2D eigenvalue weighted by Gasteiger charge is 2.52. The monoisotopic (exact) mass is 572 g/mol. The van der Waals surface area contributed by atoms with E-state index < -0.39 is 83.6 Å². The molecule has 1 N–H and O–H groups in total. The molecule has 1 aliphatic rings. The Balaban J connectivity index is 2.40. The second-order valence-electron chi connectivity index (χ2n) is 8.71. The van der Waals surface area contributed by atoms with Crippen molar-refractivity contribution in [3.8, 4) is 0 Å². The van der Waals surface area contributed by atoms with Crippen LogP contribution in [0, 0.1) is 0 Å². The molecule has 0 bridgehead atoms. The number of nitrogens with zero attached hydrogens (tertiary/aromatic N) is 1. The molecule has 1 aromatic carbocycles. The van der Waals surface area contributed by atoms with Gasteiger partial charge in [0.15, 0.2) is 12.2 Å². The van der Waals surface area contributed by atoms with Gasteiger partial charge in [-0.15, -0.1) is 0 Å². The normalized spacial score (nSPS) is 22.9. The molecule has 1 heterocycles. The number of hydrogen-bond donors (Lipinski definition) is 1. The van der Waals surface area contributed by atoms with Gasteiger partial charge in [0, 0.05) is 34.2 Å². The van der Waals surface area contributed by atoms with Crippen LogP contribution in [0.15, 0.2) is 30.3 Å². The summed E-state index contributed by atoms with van der Waals surface area (Å²) >= 11 is 0. The lowest BCUT2D eigenvalue weighted by atomic mass is 9.96. The summed E-state index contributed by atoms with van der Waals surface area (Å²) < 4.78 is 52.3. The Morgan fingerprint density at radius 2 is 1.44 bits per heavy atom. The Hall–Kier alpha value is -3.56. The molecule has 216 valence electrons. The van der Waals surface area contributed by atoms with E-state index in [1.165, 1.54) is 0 Å². The van der Waals surface area contributed by atoms with Gasteiger partial charge in [0.05, 0.1) is 12.8 Å². The third-order valence-electron chi connectivity index (χ3n) is 5.30. The van der Waals surface area contributed by atoms with Crippen molar-refractivity contribution in [2.75, 3.05) is 19.4 Å². The van der Waals surface area contributed by atoms with Crippen molar-refractivity contribution in [2.45, 2.75) is 64.9 Å². The average molecular weight is 573 g/mol. The molecule has 1 aliphatic heterocycles. The number of carbonyl (C=O) groups is 5. The van der Waals surface area contributed by atoms with E-state index in [4.69, 9.17) is 23.7 Å². The highest BCUT2D eigenvalue weighted by atomic mass is 32.2. The van der Waals surface area contributed by atoms with Crippen molar-refractivity contribution >= 4 is 39.8 Å². The molecule has 1 amide bonds. The van der Waals surface area contributed by atoms with E-state index in [9.17, 15) is 32.4 Å². The van der Waals surface area contributed by atoms with Gasteiger partial charge in [-0.25, -0.2) is 8.42 Å². The van der Waals surface area contributed by atoms with Gasteiger partial charge >= 0.3 is 23.9 Å². The number of carbonyl (C=O) groups excluding carboxylic acids is 5. The Morgan fingerprint density at radius 1 is 0.872 bits per heavy atom. The Labute approximate surface area is 225 Å². The van der Waals surface area contributed by atoms with E-state index in [2.05, 4.69) is 5.32 Å². The SMILES string of the molecule is CC(=O)OC[C@H]1O[C@@H](OC(C)=O)[C@@H](NC(=O)CN(Cc2ccccc2)S(C)(=O)=O)[C@@H](OC(C)=O)[C@@H]1OC(C)=O. The fourth-order valence-corrected chi connectivity index (χ4v) is 4.52. The number of nitrogens with one attached hydrogen (secondary N) is 1. The van der Waals surface area contributed by atoms with Crippen LogP contribution >= 0.6 is 0 Å². The van der Waals surface area contributed by atoms with Crippen LogP contribution in [0.5, 0.6) is 0 Å².